The molecule has 5 nitrogen and oxygen atoms in total. The Balaban J connectivity index is 0.00000192. The van der Waals surface area contributed by atoms with E-state index in [9.17, 15) is 8.42 Å². The van der Waals surface area contributed by atoms with E-state index in [1.165, 1.54) is 0 Å². The second kappa shape index (κ2) is 7.13. The Morgan fingerprint density at radius 3 is 2.83 bits per heavy atom. The van der Waals surface area contributed by atoms with Gasteiger partial charge in [-0.05, 0) is 57.0 Å². The molecule has 1 aromatic carbocycles. The highest BCUT2D eigenvalue weighted by Gasteiger charge is 2.25. The van der Waals surface area contributed by atoms with Gasteiger partial charge in [0.15, 0.2) is 0 Å². The minimum Gasteiger partial charge on any atom is -0.314 e. The van der Waals surface area contributed by atoms with E-state index in [-0.39, 0.29) is 18.4 Å². The molecule has 0 bridgehead atoms. The molecule has 126 valence electrons. The molecule has 1 saturated heterocycles. The van der Waals surface area contributed by atoms with E-state index >= 15 is 0 Å². The largest absolute Gasteiger partial charge is 0.314 e. The fourth-order valence-corrected chi connectivity index (χ4v) is 4.53. The lowest BCUT2D eigenvalue weighted by atomic mass is 10.0. The highest BCUT2D eigenvalue weighted by molar-refractivity contribution is 7.89. The van der Waals surface area contributed by atoms with E-state index in [0.29, 0.717) is 16.3 Å². The third kappa shape index (κ3) is 3.83. The third-order valence-corrected chi connectivity index (χ3v) is 5.75. The Kier molecular flexibility index (Phi) is 5.62. The van der Waals surface area contributed by atoms with E-state index in [4.69, 9.17) is 0 Å². The lowest BCUT2D eigenvalue weighted by Crippen LogP contribution is -2.46. The molecule has 0 saturated carbocycles. The van der Waals surface area contributed by atoms with Gasteiger partial charge in [0.1, 0.15) is 0 Å². The van der Waals surface area contributed by atoms with Gasteiger partial charge in [-0.2, -0.15) is 0 Å². The first kappa shape index (κ1) is 18.1. The zero-order valence-corrected chi connectivity index (χ0v) is 14.9. The zero-order valence-electron chi connectivity index (χ0n) is 13.2. The van der Waals surface area contributed by atoms with Gasteiger partial charge in [0, 0.05) is 23.7 Å². The van der Waals surface area contributed by atoms with Crippen LogP contribution in [0.1, 0.15) is 25.3 Å². The van der Waals surface area contributed by atoms with E-state index < -0.39 is 10.0 Å². The van der Waals surface area contributed by atoms with Crippen LogP contribution in [0.4, 0.5) is 0 Å². The normalized spacial score (nSPS) is 21.8. The Labute approximate surface area is 143 Å². The van der Waals surface area contributed by atoms with Gasteiger partial charge in [-0.3, -0.25) is 4.98 Å². The minimum atomic E-state index is -3.54. The quantitative estimate of drug-likeness (QED) is 0.886. The first-order valence-electron chi connectivity index (χ1n) is 7.57. The molecule has 2 aromatic rings. The van der Waals surface area contributed by atoms with Crippen LogP contribution in [0.5, 0.6) is 0 Å². The molecule has 3 rings (SSSR count). The fraction of sp³-hybridized carbons (Fsp3) is 0.438. The van der Waals surface area contributed by atoms with Crippen LogP contribution < -0.4 is 10.0 Å². The van der Waals surface area contributed by atoms with Crippen LogP contribution in [0.2, 0.25) is 0 Å². The molecule has 1 aromatic heterocycles. The van der Waals surface area contributed by atoms with Gasteiger partial charge in [0.05, 0.1) is 10.4 Å². The third-order valence-electron chi connectivity index (χ3n) is 4.17. The van der Waals surface area contributed by atoms with Crippen LogP contribution >= 0.6 is 12.4 Å². The average molecular weight is 356 g/mol. The van der Waals surface area contributed by atoms with Crippen molar-refractivity contribution in [1.82, 2.24) is 15.0 Å². The molecule has 1 aliphatic heterocycles. The summed E-state index contributed by atoms with van der Waals surface area (Å²) in [6, 6.07) is 7.39. The summed E-state index contributed by atoms with van der Waals surface area (Å²) in [6.45, 7) is 4.85. The molecular weight excluding hydrogens is 334 g/mol. The second-order valence-electron chi connectivity index (χ2n) is 5.98. The van der Waals surface area contributed by atoms with E-state index in [2.05, 4.69) is 21.9 Å². The molecule has 0 amide bonds. The van der Waals surface area contributed by atoms with Gasteiger partial charge in [-0.25, -0.2) is 13.1 Å². The number of piperidine rings is 1. The van der Waals surface area contributed by atoms with E-state index in [1.807, 2.05) is 19.1 Å². The molecular formula is C16H22ClN3O2S. The predicted molar refractivity (Wildman–Crippen MR) is 94.5 cm³/mol. The summed E-state index contributed by atoms with van der Waals surface area (Å²) < 4.78 is 28.4. The van der Waals surface area contributed by atoms with Crippen LogP contribution in [0.3, 0.4) is 0 Å². The zero-order chi connectivity index (χ0) is 15.7. The van der Waals surface area contributed by atoms with Gasteiger partial charge >= 0.3 is 0 Å². The smallest absolute Gasteiger partial charge is 0.241 e. The molecule has 1 fully saturated rings. The van der Waals surface area contributed by atoms with Crippen molar-refractivity contribution in [2.75, 3.05) is 6.54 Å². The van der Waals surface area contributed by atoms with Crippen LogP contribution in [0, 0.1) is 6.92 Å². The number of aryl methyl sites for hydroxylation is 1. The Morgan fingerprint density at radius 2 is 2.09 bits per heavy atom. The van der Waals surface area contributed by atoms with Gasteiger partial charge in [0.2, 0.25) is 10.0 Å². The number of rotatable bonds is 3. The van der Waals surface area contributed by atoms with Gasteiger partial charge in [-0.15, -0.1) is 12.4 Å². The van der Waals surface area contributed by atoms with Crippen molar-refractivity contribution in [3.8, 4) is 0 Å². The Bertz CT molecular complexity index is 795. The first-order chi connectivity index (χ1) is 10.5. The summed E-state index contributed by atoms with van der Waals surface area (Å²) in [7, 11) is -3.54. The van der Waals surface area contributed by atoms with Crippen LogP contribution in [0.15, 0.2) is 35.4 Å². The maximum atomic E-state index is 12.8. The van der Waals surface area contributed by atoms with Crippen LogP contribution in [-0.4, -0.2) is 32.0 Å². The Morgan fingerprint density at radius 1 is 1.30 bits per heavy atom. The number of hydrogen-bond donors (Lipinski definition) is 2. The number of fused-ring (bicyclic) bond motifs is 1. The number of pyridine rings is 1. The average Bonchev–Trinajstić information content (AvgIpc) is 2.47. The highest BCUT2D eigenvalue weighted by atomic mass is 35.5. The van der Waals surface area contributed by atoms with Gasteiger partial charge in [-0.1, -0.05) is 6.07 Å². The van der Waals surface area contributed by atoms with Crippen LogP contribution in [-0.2, 0) is 10.0 Å². The predicted octanol–water partition coefficient (Wildman–Crippen LogP) is 2.38. The van der Waals surface area contributed by atoms with E-state index in [1.54, 1.807) is 18.3 Å². The van der Waals surface area contributed by atoms with E-state index in [0.717, 1.165) is 30.5 Å². The lowest BCUT2D eigenvalue weighted by Gasteiger charge is -2.28. The van der Waals surface area contributed by atoms with Crippen molar-refractivity contribution in [1.29, 1.82) is 0 Å². The number of hydrogen-bond acceptors (Lipinski definition) is 4. The molecule has 7 heteroatoms. The van der Waals surface area contributed by atoms with Crippen molar-refractivity contribution in [3.63, 3.8) is 0 Å². The molecule has 0 aliphatic carbocycles. The number of sulfonamides is 1. The molecule has 2 heterocycles. The number of nitrogens with zero attached hydrogens (tertiary/aromatic N) is 1. The van der Waals surface area contributed by atoms with Crippen molar-refractivity contribution in [3.05, 3.63) is 36.0 Å². The summed E-state index contributed by atoms with van der Waals surface area (Å²) in [6.07, 6.45) is 3.31. The fourth-order valence-electron chi connectivity index (χ4n) is 3.04. The molecule has 2 atom stereocenters. The maximum Gasteiger partial charge on any atom is 0.241 e. The number of aromatic nitrogens is 1. The van der Waals surface area contributed by atoms with Crippen molar-refractivity contribution >= 4 is 33.3 Å². The molecule has 23 heavy (non-hydrogen) atoms. The van der Waals surface area contributed by atoms with Crippen LogP contribution in [0.25, 0.3) is 10.9 Å². The number of halogens is 1. The van der Waals surface area contributed by atoms with Crippen molar-refractivity contribution < 1.29 is 8.42 Å². The first-order valence-corrected chi connectivity index (χ1v) is 9.06. The van der Waals surface area contributed by atoms with Gasteiger partial charge in [0.25, 0.3) is 0 Å². The standard InChI is InChI=1S/C16H21N3O2S.ClH/c1-11-5-6-15(14-4-3-8-18-16(11)14)22(20,21)19-13-7-9-17-12(2)10-13;/h3-6,8,12-13,17,19H,7,9-10H2,1-2H3;1H. The second-order valence-corrected chi connectivity index (χ2v) is 7.66. The summed E-state index contributed by atoms with van der Waals surface area (Å²) >= 11 is 0. The van der Waals surface area contributed by atoms with Gasteiger partial charge < -0.3 is 5.32 Å². The Hall–Kier alpha value is -1.21. The lowest BCUT2D eigenvalue weighted by molar-refractivity contribution is 0.361. The number of nitrogens with one attached hydrogen (secondary N) is 2. The molecule has 0 spiro atoms. The molecule has 2 N–H and O–H groups in total. The molecule has 0 radical (unpaired) electrons. The molecule has 1 aliphatic rings. The summed E-state index contributed by atoms with van der Waals surface area (Å²) in [5.41, 5.74) is 1.72. The minimum absolute atomic E-state index is 0. The van der Waals surface area contributed by atoms with Crippen molar-refractivity contribution in [2.24, 2.45) is 0 Å². The molecule has 2 unspecified atom stereocenters. The topological polar surface area (TPSA) is 71.1 Å². The number of benzene rings is 1. The SMILES string of the molecule is Cc1ccc(S(=O)(=O)NC2CCNC(C)C2)c2cccnc12.Cl. The summed E-state index contributed by atoms with van der Waals surface area (Å²) in [4.78, 5) is 4.62. The highest BCUT2D eigenvalue weighted by Crippen LogP contribution is 2.25. The summed E-state index contributed by atoms with van der Waals surface area (Å²) in [5, 5.41) is 4.01. The van der Waals surface area contributed by atoms with Crippen molar-refractivity contribution in [2.45, 2.75) is 43.7 Å². The summed E-state index contributed by atoms with van der Waals surface area (Å²) in [5.74, 6) is 0. The maximum absolute atomic E-state index is 12.8. The monoisotopic (exact) mass is 355 g/mol.